The number of hydrogen-bond donors (Lipinski definition) is 0. The molecule has 8 rings (SSSR count). The van der Waals surface area contributed by atoms with Crippen LogP contribution in [0.5, 0.6) is 5.75 Å². The van der Waals surface area contributed by atoms with Gasteiger partial charge in [-0.1, -0.05) is 76.6 Å². The van der Waals surface area contributed by atoms with E-state index in [4.69, 9.17) is 4.74 Å². The van der Waals surface area contributed by atoms with Crippen molar-refractivity contribution in [2.45, 2.75) is 18.4 Å². The van der Waals surface area contributed by atoms with E-state index in [9.17, 15) is 9.59 Å². The summed E-state index contributed by atoms with van der Waals surface area (Å²) < 4.78 is 7.75. The number of hydrogen-bond acceptors (Lipinski definition) is 4. The average molecular weight is 642 g/mol. The van der Waals surface area contributed by atoms with Crippen LogP contribution in [0, 0.1) is 11.8 Å². The topological polar surface area (TPSA) is 59.0 Å². The molecule has 1 aliphatic heterocycles. The van der Waals surface area contributed by atoms with Crippen LogP contribution in [0.3, 0.4) is 0 Å². The molecule has 192 valence electrons. The molecule has 1 heterocycles. The van der Waals surface area contributed by atoms with E-state index < -0.39 is 11.8 Å². The van der Waals surface area contributed by atoms with Crippen molar-refractivity contribution in [1.82, 2.24) is 5.01 Å². The summed E-state index contributed by atoms with van der Waals surface area (Å²) in [6, 6.07) is 30.0. The van der Waals surface area contributed by atoms with Crippen LogP contribution in [-0.4, -0.2) is 23.0 Å². The Hall–Kier alpha value is -3.55. The van der Waals surface area contributed by atoms with Gasteiger partial charge in [0.05, 0.1) is 22.5 Å². The van der Waals surface area contributed by atoms with Crippen LogP contribution < -0.4 is 4.74 Å². The Morgan fingerprint density at radius 1 is 0.744 bits per heavy atom. The lowest BCUT2D eigenvalue weighted by atomic mass is 9.55. The van der Waals surface area contributed by atoms with Gasteiger partial charge in [0.15, 0.2) is 0 Å². The van der Waals surface area contributed by atoms with Gasteiger partial charge in [-0.05, 0) is 79.6 Å². The SMILES string of the molecule is O=C1[C@@H]2C3c4ccccc4C(c4ccccc43)[C@H]2C(=O)N1/N=C\c1ccc(OCc2ccc(Br)cc2)c(Br)c1. The molecule has 2 bridgehead atoms. The Morgan fingerprint density at radius 3 is 1.79 bits per heavy atom. The molecule has 5 nitrogen and oxygen atoms in total. The van der Waals surface area contributed by atoms with E-state index in [2.05, 4.69) is 61.2 Å². The molecular formula is C32H22Br2N2O3. The number of rotatable bonds is 5. The van der Waals surface area contributed by atoms with Crippen LogP contribution in [0.4, 0.5) is 0 Å². The molecule has 2 atom stereocenters. The fourth-order valence-electron chi connectivity index (χ4n) is 6.36. The van der Waals surface area contributed by atoms with Crippen LogP contribution in [0.1, 0.15) is 45.2 Å². The predicted octanol–water partition coefficient (Wildman–Crippen LogP) is 7.02. The van der Waals surface area contributed by atoms with Crippen molar-refractivity contribution in [2.24, 2.45) is 16.9 Å². The Balaban J connectivity index is 1.14. The van der Waals surface area contributed by atoms with Gasteiger partial charge in [-0.15, -0.1) is 0 Å². The van der Waals surface area contributed by atoms with E-state index in [0.717, 1.165) is 47.3 Å². The van der Waals surface area contributed by atoms with Gasteiger partial charge in [-0.3, -0.25) is 9.59 Å². The number of imide groups is 1. The summed E-state index contributed by atoms with van der Waals surface area (Å²) in [6.07, 6.45) is 1.57. The van der Waals surface area contributed by atoms with Crippen LogP contribution in [0.2, 0.25) is 0 Å². The Kier molecular flexibility index (Phi) is 6.01. The van der Waals surface area contributed by atoms with Crippen molar-refractivity contribution in [3.63, 3.8) is 0 Å². The first kappa shape index (κ1) is 24.5. The molecule has 4 aromatic rings. The number of nitrogens with zero attached hydrogens (tertiary/aromatic N) is 2. The third-order valence-corrected chi connectivity index (χ3v) is 9.16. The van der Waals surface area contributed by atoms with E-state index in [1.165, 1.54) is 0 Å². The van der Waals surface area contributed by atoms with Gasteiger partial charge in [0.25, 0.3) is 11.8 Å². The fraction of sp³-hybridized carbons (Fsp3) is 0.156. The minimum Gasteiger partial charge on any atom is -0.488 e. The molecule has 1 saturated heterocycles. The normalized spacial score (nSPS) is 22.7. The highest BCUT2D eigenvalue weighted by Crippen LogP contribution is 2.60. The van der Waals surface area contributed by atoms with Crippen LogP contribution in [0.25, 0.3) is 0 Å². The van der Waals surface area contributed by atoms with E-state index >= 15 is 0 Å². The maximum absolute atomic E-state index is 13.7. The molecule has 0 unspecified atom stereocenters. The average Bonchev–Trinajstić information content (AvgIpc) is 3.21. The number of ether oxygens (including phenoxy) is 1. The number of benzene rings is 4. The molecule has 39 heavy (non-hydrogen) atoms. The number of amides is 2. The Labute approximate surface area is 242 Å². The minimum atomic E-state index is -0.439. The van der Waals surface area contributed by atoms with E-state index in [-0.39, 0.29) is 23.7 Å². The van der Waals surface area contributed by atoms with Crippen molar-refractivity contribution in [3.05, 3.63) is 133 Å². The van der Waals surface area contributed by atoms with Crippen molar-refractivity contribution < 1.29 is 14.3 Å². The number of carbonyl (C=O) groups excluding carboxylic acids is 2. The molecule has 1 fully saturated rings. The summed E-state index contributed by atoms with van der Waals surface area (Å²) in [5, 5.41) is 5.51. The number of hydrazone groups is 1. The highest BCUT2D eigenvalue weighted by Gasteiger charge is 2.61. The number of halogens is 2. The summed E-state index contributed by atoms with van der Waals surface area (Å²) >= 11 is 7.02. The zero-order chi connectivity index (χ0) is 26.7. The lowest BCUT2D eigenvalue weighted by Crippen LogP contribution is -2.41. The summed E-state index contributed by atoms with van der Waals surface area (Å²) in [4.78, 5) is 27.4. The zero-order valence-corrected chi connectivity index (χ0v) is 23.8. The quantitative estimate of drug-likeness (QED) is 0.174. The second-order valence-electron chi connectivity index (χ2n) is 10.1. The molecular weight excluding hydrogens is 620 g/mol. The molecule has 3 aliphatic carbocycles. The first-order valence-electron chi connectivity index (χ1n) is 12.8. The Bertz CT molecular complexity index is 1550. The van der Waals surface area contributed by atoms with Crippen molar-refractivity contribution in [1.29, 1.82) is 0 Å². The summed E-state index contributed by atoms with van der Waals surface area (Å²) in [7, 11) is 0. The first-order valence-corrected chi connectivity index (χ1v) is 14.4. The summed E-state index contributed by atoms with van der Waals surface area (Å²) in [5.74, 6) is -0.916. The molecule has 0 aromatic heterocycles. The maximum Gasteiger partial charge on any atom is 0.254 e. The molecule has 0 N–H and O–H groups in total. The molecule has 2 amide bonds. The smallest absolute Gasteiger partial charge is 0.254 e. The van der Waals surface area contributed by atoms with E-state index in [1.54, 1.807) is 6.21 Å². The van der Waals surface area contributed by atoms with E-state index in [0.29, 0.717) is 12.4 Å². The van der Waals surface area contributed by atoms with Crippen LogP contribution in [-0.2, 0) is 16.2 Å². The van der Waals surface area contributed by atoms with Crippen molar-refractivity contribution in [2.75, 3.05) is 0 Å². The maximum atomic E-state index is 13.7. The highest BCUT2D eigenvalue weighted by atomic mass is 79.9. The molecule has 7 heteroatoms. The lowest BCUT2D eigenvalue weighted by molar-refractivity contribution is -0.139. The van der Waals surface area contributed by atoms with Gasteiger partial charge in [0, 0.05) is 16.3 Å². The fourth-order valence-corrected chi connectivity index (χ4v) is 7.13. The molecule has 0 spiro atoms. The third kappa shape index (κ3) is 3.98. The van der Waals surface area contributed by atoms with Gasteiger partial charge in [-0.25, -0.2) is 0 Å². The van der Waals surface area contributed by atoms with Crippen molar-refractivity contribution >= 4 is 49.9 Å². The largest absolute Gasteiger partial charge is 0.488 e. The van der Waals surface area contributed by atoms with Crippen molar-refractivity contribution in [3.8, 4) is 5.75 Å². The zero-order valence-electron chi connectivity index (χ0n) is 20.6. The number of carbonyl (C=O) groups is 2. The second kappa shape index (κ2) is 9.57. The third-order valence-electron chi connectivity index (χ3n) is 8.01. The monoisotopic (exact) mass is 640 g/mol. The molecule has 0 radical (unpaired) electrons. The summed E-state index contributed by atoms with van der Waals surface area (Å²) in [6.45, 7) is 0.436. The molecule has 4 aromatic carbocycles. The first-order chi connectivity index (χ1) is 19.0. The highest BCUT2D eigenvalue weighted by molar-refractivity contribution is 9.10. The van der Waals surface area contributed by atoms with Crippen LogP contribution >= 0.6 is 31.9 Å². The Morgan fingerprint density at radius 2 is 1.28 bits per heavy atom. The standard InChI is InChI=1S/C32H22Br2N2O3/c33-20-12-9-18(10-13-20)17-39-26-14-11-19(15-25(26)34)16-35-36-31(37)29-27-21-5-1-2-6-22(21)28(30(29)32(36)38)24-8-4-3-7-23(24)27/h1-16,27-30H,17H2/b35-16-/t27?,28?,29-,30-/m1/s1. The van der Waals surface area contributed by atoms with Gasteiger partial charge in [0.2, 0.25) is 0 Å². The van der Waals surface area contributed by atoms with Gasteiger partial charge < -0.3 is 4.74 Å². The second-order valence-corrected chi connectivity index (χ2v) is 11.9. The molecule has 4 aliphatic rings. The summed E-state index contributed by atoms with van der Waals surface area (Å²) in [5.41, 5.74) is 6.41. The predicted molar refractivity (Wildman–Crippen MR) is 156 cm³/mol. The van der Waals surface area contributed by atoms with Gasteiger partial charge in [0.1, 0.15) is 12.4 Å². The minimum absolute atomic E-state index is 0.139. The molecule has 0 saturated carbocycles. The lowest BCUT2D eigenvalue weighted by Gasteiger charge is -2.45. The van der Waals surface area contributed by atoms with Crippen LogP contribution in [0.15, 0.2) is 105 Å². The van der Waals surface area contributed by atoms with Gasteiger partial charge in [-0.2, -0.15) is 10.1 Å². The van der Waals surface area contributed by atoms with E-state index in [1.807, 2.05) is 66.7 Å². The van der Waals surface area contributed by atoms with Gasteiger partial charge >= 0.3 is 0 Å².